The summed E-state index contributed by atoms with van der Waals surface area (Å²) >= 11 is 0. The van der Waals surface area contributed by atoms with Crippen LogP contribution in [0.3, 0.4) is 0 Å². The summed E-state index contributed by atoms with van der Waals surface area (Å²) in [6.45, 7) is 6.56. The van der Waals surface area contributed by atoms with Crippen LogP contribution in [0.4, 0.5) is 10.2 Å². The van der Waals surface area contributed by atoms with E-state index < -0.39 is 0 Å². The molecule has 0 aliphatic carbocycles. The number of aryl methyl sites for hydroxylation is 3. The van der Waals surface area contributed by atoms with Gasteiger partial charge in [-0.05, 0) is 50.1 Å². The standard InChI is InChI=1S/C21H21FN6O/c1-4-27-13(2)11-18(26-27)24-19(29)12-28-21-20(14(3)25-28)17(9-10-23-21)15-5-7-16(22)8-6-15/h5-11H,4,12H2,1-3H3,(H,24,26,29). The number of hydrogen-bond acceptors (Lipinski definition) is 4. The molecule has 0 unspecified atom stereocenters. The van der Waals surface area contributed by atoms with Gasteiger partial charge in [0.15, 0.2) is 11.5 Å². The molecular formula is C21H21FN6O. The zero-order valence-electron chi connectivity index (χ0n) is 16.5. The number of carbonyl (C=O) groups excluding carboxylic acids is 1. The monoisotopic (exact) mass is 392 g/mol. The largest absolute Gasteiger partial charge is 0.308 e. The Bertz CT molecular complexity index is 1190. The Morgan fingerprint density at radius 2 is 1.86 bits per heavy atom. The zero-order valence-corrected chi connectivity index (χ0v) is 16.5. The van der Waals surface area contributed by atoms with Crippen molar-refractivity contribution >= 4 is 22.8 Å². The summed E-state index contributed by atoms with van der Waals surface area (Å²) in [6.07, 6.45) is 1.67. The Kier molecular flexibility index (Phi) is 4.84. The van der Waals surface area contributed by atoms with E-state index in [2.05, 4.69) is 20.5 Å². The topological polar surface area (TPSA) is 77.6 Å². The van der Waals surface area contributed by atoms with E-state index in [0.29, 0.717) is 11.5 Å². The van der Waals surface area contributed by atoms with Crippen LogP contribution in [-0.2, 0) is 17.9 Å². The second-order valence-electron chi connectivity index (χ2n) is 6.84. The molecule has 3 aromatic heterocycles. The van der Waals surface area contributed by atoms with Gasteiger partial charge in [-0.15, -0.1) is 0 Å². The molecule has 0 bridgehead atoms. The van der Waals surface area contributed by atoms with Gasteiger partial charge in [-0.2, -0.15) is 10.2 Å². The van der Waals surface area contributed by atoms with Gasteiger partial charge in [0.1, 0.15) is 12.4 Å². The molecule has 4 rings (SSSR count). The molecule has 148 valence electrons. The normalized spacial score (nSPS) is 11.2. The summed E-state index contributed by atoms with van der Waals surface area (Å²) < 4.78 is 16.7. The number of pyridine rings is 1. The van der Waals surface area contributed by atoms with Crippen LogP contribution >= 0.6 is 0 Å². The van der Waals surface area contributed by atoms with Gasteiger partial charge in [0, 0.05) is 29.9 Å². The van der Waals surface area contributed by atoms with Crippen molar-refractivity contribution in [3.05, 3.63) is 59.8 Å². The van der Waals surface area contributed by atoms with Crippen LogP contribution in [0.2, 0.25) is 0 Å². The number of halogens is 1. The van der Waals surface area contributed by atoms with Crippen LogP contribution in [0.1, 0.15) is 18.3 Å². The van der Waals surface area contributed by atoms with E-state index in [4.69, 9.17) is 0 Å². The highest BCUT2D eigenvalue weighted by Gasteiger charge is 2.16. The second kappa shape index (κ2) is 7.46. The average molecular weight is 392 g/mol. The van der Waals surface area contributed by atoms with Crippen molar-refractivity contribution in [1.29, 1.82) is 0 Å². The minimum atomic E-state index is -0.288. The highest BCUT2D eigenvalue weighted by atomic mass is 19.1. The van der Waals surface area contributed by atoms with Crippen molar-refractivity contribution < 1.29 is 9.18 Å². The number of nitrogens with one attached hydrogen (secondary N) is 1. The van der Waals surface area contributed by atoms with E-state index in [1.54, 1.807) is 23.0 Å². The molecule has 1 amide bonds. The first kappa shape index (κ1) is 18.8. The summed E-state index contributed by atoms with van der Waals surface area (Å²) in [5.41, 5.74) is 4.11. The van der Waals surface area contributed by atoms with Crippen molar-refractivity contribution in [1.82, 2.24) is 24.5 Å². The van der Waals surface area contributed by atoms with E-state index in [-0.39, 0.29) is 18.3 Å². The van der Waals surface area contributed by atoms with E-state index in [0.717, 1.165) is 34.4 Å². The van der Waals surface area contributed by atoms with Gasteiger partial charge in [-0.25, -0.2) is 14.1 Å². The van der Waals surface area contributed by atoms with E-state index in [1.807, 2.05) is 37.6 Å². The number of rotatable bonds is 5. The Morgan fingerprint density at radius 1 is 1.10 bits per heavy atom. The van der Waals surface area contributed by atoms with Gasteiger partial charge in [0.2, 0.25) is 5.91 Å². The Morgan fingerprint density at radius 3 is 2.55 bits per heavy atom. The lowest BCUT2D eigenvalue weighted by Gasteiger charge is -2.06. The molecule has 1 aromatic carbocycles. The molecule has 29 heavy (non-hydrogen) atoms. The van der Waals surface area contributed by atoms with Gasteiger partial charge in [-0.1, -0.05) is 12.1 Å². The van der Waals surface area contributed by atoms with Crippen LogP contribution in [0.15, 0.2) is 42.6 Å². The first-order valence-electron chi connectivity index (χ1n) is 9.38. The first-order valence-corrected chi connectivity index (χ1v) is 9.38. The number of nitrogens with zero attached hydrogens (tertiary/aromatic N) is 5. The van der Waals surface area contributed by atoms with Crippen molar-refractivity contribution in [2.45, 2.75) is 33.9 Å². The molecule has 0 aliphatic rings. The molecule has 4 aromatic rings. The molecule has 0 spiro atoms. The molecule has 0 fully saturated rings. The maximum absolute atomic E-state index is 13.3. The fourth-order valence-corrected chi connectivity index (χ4v) is 3.47. The minimum absolute atomic E-state index is 0.0161. The number of fused-ring (bicyclic) bond motifs is 1. The molecule has 0 saturated carbocycles. The molecule has 0 atom stereocenters. The van der Waals surface area contributed by atoms with Gasteiger partial charge in [-0.3, -0.25) is 9.48 Å². The third-order valence-corrected chi connectivity index (χ3v) is 4.80. The van der Waals surface area contributed by atoms with Crippen molar-refractivity contribution in [2.75, 3.05) is 5.32 Å². The van der Waals surface area contributed by atoms with Crippen LogP contribution in [0, 0.1) is 19.7 Å². The number of hydrogen-bond donors (Lipinski definition) is 1. The lowest BCUT2D eigenvalue weighted by Crippen LogP contribution is -2.20. The summed E-state index contributed by atoms with van der Waals surface area (Å²) in [6, 6.07) is 9.99. The van der Waals surface area contributed by atoms with Crippen LogP contribution in [-0.4, -0.2) is 30.5 Å². The average Bonchev–Trinajstić information content (AvgIpc) is 3.21. The van der Waals surface area contributed by atoms with Gasteiger partial charge in [0.25, 0.3) is 0 Å². The summed E-state index contributed by atoms with van der Waals surface area (Å²) in [7, 11) is 0. The van der Waals surface area contributed by atoms with Crippen molar-refractivity contribution in [2.24, 2.45) is 0 Å². The highest BCUT2D eigenvalue weighted by molar-refractivity contribution is 5.96. The predicted octanol–water partition coefficient (Wildman–Crippen LogP) is 3.71. The molecule has 3 heterocycles. The number of aromatic nitrogens is 5. The fourth-order valence-electron chi connectivity index (χ4n) is 3.47. The first-order chi connectivity index (χ1) is 14.0. The minimum Gasteiger partial charge on any atom is -0.308 e. The smallest absolute Gasteiger partial charge is 0.247 e. The number of carbonyl (C=O) groups is 1. The van der Waals surface area contributed by atoms with E-state index in [9.17, 15) is 9.18 Å². The number of amides is 1. The van der Waals surface area contributed by atoms with Gasteiger partial charge < -0.3 is 5.32 Å². The molecule has 8 heteroatoms. The number of anilines is 1. The number of benzene rings is 1. The SMILES string of the molecule is CCn1nc(NC(=O)Cn2nc(C)c3c(-c4ccc(F)cc4)ccnc32)cc1C. The van der Waals surface area contributed by atoms with Gasteiger partial charge >= 0.3 is 0 Å². The van der Waals surface area contributed by atoms with Gasteiger partial charge in [0.05, 0.1) is 5.69 Å². The predicted molar refractivity (Wildman–Crippen MR) is 109 cm³/mol. The quantitative estimate of drug-likeness (QED) is 0.562. The highest BCUT2D eigenvalue weighted by Crippen LogP contribution is 2.29. The fraction of sp³-hybridized carbons (Fsp3) is 0.238. The van der Waals surface area contributed by atoms with Crippen molar-refractivity contribution in [3.8, 4) is 11.1 Å². The van der Waals surface area contributed by atoms with E-state index in [1.165, 1.54) is 12.1 Å². The molecule has 7 nitrogen and oxygen atoms in total. The van der Waals surface area contributed by atoms with Crippen molar-refractivity contribution in [3.63, 3.8) is 0 Å². The van der Waals surface area contributed by atoms with Crippen LogP contribution in [0.25, 0.3) is 22.2 Å². The summed E-state index contributed by atoms with van der Waals surface area (Å²) in [5, 5.41) is 12.5. The van der Waals surface area contributed by atoms with Crippen LogP contribution < -0.4 is 5.32 Å². The maximum atomic E-state index is 13.3. The lowest BCUT2D eigenvalue weighted by atomic mass is 10.0. The summed E-state index contributed by atoms with van der Waals surface area (Å²) in [4.78, 5) is 17.0. The third kappa shape index (κ3) is 3.61. The van der Waals surface area contributed by atoms with E-state index >= 15 is 0 Å². The zero-order chi connectivity index (χ0) is 20.5. The maximum Gasteiger partial charge on any atom is 0.247 e. The molecular weight excluding hydrogens is 371 g/mol. The van der Waals surface area contributed by atoms with Crippen LogP contribution in [0.5, 0.6) is 0 Å². The third-order valence-electron chi connectivity index (χ3n) is 4.80. The lowest BCUT2D eigenvalue weighted by molar-refractivity contribution is -0.116. The molecule has 0 aliphatic heterocycles. The molecule has 1 N–H and O–H groups in total. The Hall–Kier alpha value is -3.55. The summed E-state index contributed by atoms with van der Waals surface area (Å²) in [5.74, 6) is -0.00415. The Balaban J connectivity index is 1.63. The molecule has 0 saturated heterocycles. The molecule has 0 radical (unpaired) electrons. The second-order valence-corrected chi connectivity index (χ2v) is 6.84. The Labute approximate surface area is 167 Å².